The van der Waals surface area contributed by atoms with E-state index < -0.39 is 48.8 Å². The van der Waals surface area contributed by atoms with Crippen LogP contribution in [0.3, 0.4) is 0 Å². The van der Waals surface area contributed by atoms with Crippen molar-refractivity contribution in [2.45, 2.75) is 209 Å². The van der Waals surface area contributed by atoms with Gasteiger partial charge in [-0.15, -0.1) is 0 Å². The molecule has 0 bridgehead atoms. The van der Waals surface area contributed by atoms with E-state index in [0.717, 1.165) is 69.1 Å². The highest BCUT2D eigenvalue weighted by molar-refractivity contribution is 6.96. The van der Waals surface area contributed by atoms with E-state index in [1.54, 1.807) is 13.8 Å². The van der Waals surface area contributed by atoms with Gasteiger partial charge >= 0.3 is 36.1 Å². The Balaban J connectivity index is 0.0000289. The van der Waals surface area contributed by atoms with Crippen LogP contribution in [0.15, 0.2) is 24.3 Å². The van der Waals surface area contributed by atoms with Gasteiger partial charge in [-0.2, -0.15) is 0 Å². The van der Waals surface area contributed by atoms with Crippen molar-refractivity contribution in [3.05, 3.63) is 24.3 Å². The summed E-state index contributed by atoms with van der Waals surface area (Å²) in [6.07, 6.45) is 7.49. The van der Waals surface area contributed by atoms with Crippen molar-refractivity contribution in [1.82, 2.24) is 10.6 Å². The molecule has 17 nitrogen and oxygen atoms in total. The van der Waals surface area contributed by atoms with Gasteiger partial charge in [-0.25, -0.2) is 19.2 Å². The van der Waals surface area contributed by atoms with Gasteiger partial charge < -0.3 is 52.6 Å². The van der Waals surface area contributed by atoms with Crippen LogP contribution in [0, 0.1) is 21.7 Å². The number of hydrogen-bond donors (Lipinski definition) is 2. The van der Waals surface area contributed by atoms with Crippen LogP contribution in [0.25, 0.3) is 0 Å². The summed E-state index contributed by atoms with van der Waals surface area (Å²) in [5.41, 5.74) is 1.32. The van der Waals surface area contributed by atoms with Crippen molar-refractivity contribution in [2.75, 3.05) is 66.1 Å². The summed E-state index contributed by atoms with van der Waals surface area (Å²) in [6.45, 7) is 39.5. The second-order valence-electron chi connectivity index (χ2n) is 25.7. The fourth-order valence-electron chi connectivity index (χ4n) is 12.0. The summed E-state index contributed by atoms with van der Waals surface area (Å²) in [5.74, 6) is -1.71. The monoisotopic (exact) mass is 1130 g/mol. The van der Waals surface area contributed by atoms with Crippen LogP contribution in [0.5, 0.6) is 0 Å². The first kappa shape index (κ1) is 70.4. The van der Waals surface area contributed by atoms with E-state index >= 15 is 0 Å². The number of rotatable bonds is 34. The van der Waals surface area contributed by atoms with Gasteiger partial charge in [0.25, 0.3) is 0 Å². The fourth-order valence-corrected chi connectivity index (χ4v) is 31.3. The number of hydrogen-bond acceptors (Lipinski definition) is 15. The molecule has 2 amide bonds. The van der Waals surface area contributed by atoms with Gasteiger partial charge in [0.05, 0.1) is 13.2 Å². The van der Waals surface area contributed by atoms with Crippen LogP contribution in [0.2, 0.25) is 57.0 Å². The zero-order valence-corrected chi connectivity index (χ0v) is 51.9. The molecular weight excluding hydrogens is 1020 g/mol. The lowest BCUT2D eigenvalue weighted by Crippen LogP contribution is -2.49. The number of carbonyl (C=O) groups excluding carboxylic acids is 6. The van der Waals surface area contributed by atoms with Crippen molar-refractivity contribution >= 4 is 60.8 Å². The lowest BCUT2D eigenvalue weighted by molar-refractivity contribution is -0.150. The third-order valence-electron chi connectivity index (χ3n) is 13.8. The Kier molecular flexibility index (Phi) is 30.1. The van der Waals surface area contributed by atoms with E-state index in [9.17, 15) is 28.8 Å². The molecule has 2 fully saturated rings. The van der Waals surface area contributed by atoms with Crippen molar-refractivity contribution in [1.29, 1.82) is 0 Å². The third kappa shape index (κ3) is 31.1. The average Bonchev–Trinajstić information content (AvgIpc) is 3.24. The molecule has 4 unspecified atom stereocenters. The lowest BCUT2D eigenvalue weighted by atomic mass is 9.61. The minimum atomic E-state index is -1.95. The molecule has 0 radical (unpaired) electrons. The van der Waals surface area contributed by atoms with Gasteiger partial charge in [0, 0.05) is 57.4 Å². The average molecular weight is 1130 g/mol. The molecule has 2 N–H and O–H groups in total. The molecule has 20 heteroatoms. The van der Waals surface area contributed by atoms with Crippen LogP contribution in [0.4, 0.5) is 9.59 Å². The molecule has 0 saturated heterocycles. The van der Waals surface area contributed by atoms with Gasteiger partial charge in [0.15, 0.2) is 16.6 Å². The van der Waals surface area contributed by atoms with Gasteiger partial charge in [-0.1, -0.05) is 81.3 Å². The van der Waals surface area contributed by atoms with Crippen LogP contribution < -0.4 is 10.6 Å². The molecule has 0 spiro atoms. The quantitative estimate of drug-likeness (QED) is 0.0202. The molecule has 0 aromatic heterocycles. The number of ether oxygens (including phenoxy) is 8. The summed E-state index contributed by atoms with van der Waals surface area (Å²) in [6, 6.07) is 1.93. The Hall–Kier alpha value is -3.57. The number of carbonyl (C=O) groups is 6. The number of esters is 4. The number of nitrogens with one attached hydrogen (secondary N) is 2. The topological polar surface area (TPSA) is 210 Å². The van der Waals surface area contributed by atoms with Crippen LogP contribution in [-0.2, 0) is 61.2 Å². The van der Waals surface area contributed by atoms with Crippen molar-refractivity contribution in [3.63, 3.8) is 0 Å². The van der Waals surface area contributed by atoms with E-state index in [1.165, 1.54) is 0 Å². The molecule has 0 aromatic rings. The summed E-state index contributed by atoms with van der Waals surface area (Å²) in [4.78, 5) is 73.6. The summed E-state index contributed by atoms with van der Waals surface area (Å²) in [5, 5.41) is 6.12. The summed E-state index contributed by atoms with van der Waals surface area (Å²) < 4.78 is 50.3. The highest BCUT2D eigenvalue weighted by Crippen LogP contribution is 2.50. The van der Waals surface area contributed by atoms with Crippen LogP contribution in [-0.4, -0.2) is 139 Å². The zero-order valence-electron chi connectivity index (χ0n) is 48.9. The SMILES string of the molecule is C.C=C(C)C(=O)OCCOC(=O)CCC1(C)CC(NC(=O)OCCOCCC[Si](C)(C)C[Si](C)(C)O[Si](C)(C)CCCOCCOC(=O)NC2CC(C)(C)CC(C)(CCC(=O)OCCOC(=O)C(=C)C)C2)CC(C)(C)C1. The Bertz CT molecular complexity index is 1760. The van der Waals surface area contributed by atoms with E-state index in [0.29, 0.717) is 50.4 Å². The van der Waals surface area contributed by atoms with Crippen LogP contribution >= 0.6 is 0 Å². The first-order valence-electron chi connectivity index (χ1n) is 27.3. The normalized spacial score (nSPS) is 21.2. The molecule has 2 saturated carbocycles. The van der Waals surface area contributed by atoms with Gasteiger partial charge in [-0.3, -0.25) is 9.59 Å². The second-order valence-corrected chi connectivity index (χ2v) is 40.3. The van der Waals surface area contributed by atoms with E-state index in [1.807, 2.05) is 0 Å². The lowest BCUT2D eigenvalue weighted by Gasteiger charge is -2.46. The largest absolute Gasteiger partial charge is 0.462 e. The number of amides is 2. The summed E-state index contributed by atoms with van der Waals surface area (Å²) in [7, 11) is -5.46. The molecule has 0 aliphatic heterocycles. The van der Waals surface area contributed by atoms with E-state index in [2.05, 4.69) is 105 Å². The van der Waals surface area contributed by atoms with Gasteiger partial charge in [0.1, 0.15) is 39.6 Å². The molecule has 440 valence electrons. The molecule has 2 aliphatic carbocycles. The first-order valence-corrected chi connectivity index (χ1v) is 37.0. The Morgan fingerprint density at radius 1 is 0.500 bits per heavy atom. The Labute approximate surface area is 461 Å². The standard InChI is InChI=1S/C55H100N2O15Si3.CH4/c1-42(2)48(60)68-31-29-66-46(58)19-21-54(9)37-44(35-52(5,6)39-54)56-50(62)70-27-25-64-23-17-33-73(11,12)41-75(15,16)72-74(13,14)34-18-24-65-26-28-71-51(63)57-45-36-53(7,8)40-55(10,38-45)22-20-47(59)67-30-32-69-49(61)43(3)4;/h44-45H,1,3,17-41H2,2,4-16H3,(H,56,62)(H,57,63);1H4. The fraction of sp³-hybridized carbons (Fsp3) is 0.821. The zero-order chi connectivity index (χ0) is 56.7. The van der Waals surface area contributed by atoms with E-state index in [-0.39, 0.29) is 106 Å². The highest BCUT2D eigenvalue weighted by atomic mass is 28.4. The third-order valence-corrected chi connectivity index (χ3v) is 28.8. The molecular formula is C56H104N2O15Si3. The molecule has 76 heavy (non-hydrogen) atoms. The molecule has 2 rings (SSSR count). The van der Waals surface area contributed by atoms with Crippen molar-refractivity contribution in [3.8, 4) is 0 Å². The predicted molar refractivity (Wildman–Crippen MR) is 306 cm³/mol. The Morgan fingerprint density at radius 3 is 1.26 bits per heavy atom. The van der Waals surface area contributed by atoms with Gasteiger partial charge in [-0.05, 0) is 138 Å². The molecule has 0 aromatic carbocycles. The highest BCUT2D eigenvalue weighted by Gasteiger charge is 2.44. The maximum atomic E-state index is 12.8. The molecule has 4 atom stereocenters. The Morgan fingerprint density at radius 2 is 0.868 bits per heavy atom. The van der Waals surface area contributed by atoms with Crippen molar-refractivity contribution in [2.24, 2.45) is 21.7 Å². The number of alkyl carbamates (subject to hydrolysis) is 2. The maximum Gasteiger partial charge on any atom is 0.407 e. The minimum absolute atomic E-state index is 0. The smallest absolute Gasteiger partial charge is 0.407 e. The van der Waals surface area contributed by atoms with Crippen molar-refractivity contribution < 1.29 is 70.8 Å². The van der Waals surface area contributed by atoms with Gasteiger partial charge in [0.2, 0.25) is 0 Å². The van der Waals surface area contributed by atoms with Crippen LogP contribution in [0.1, 0.15) is 140 Å². The first-order chi connectivity index (χ1) is 34.6. The molecule has 0 heterocycles. The maximum absolute atomic E-state index is 12.8. The predicted octanol–water partition coefficient (Wildman–Crippen LogP) is 11.6. The second kappa shape index (κ2) is 32.5. The summed E-state index contributed by atoms with van der Waals surface area (Å²) >= 11 is 0. The minimum Gasteiger partial charge on any atom is -0.462 e. The van der Waals surface area contributed by atoms with E-state index in [4.69, 9.17) is 42.0 Å². The molecule has 2 aliphatic rings.